The maximum Gasteiger partial charge on any atom is 0.131 e. The Balaban J connectivity index is 2.20. The van der Waals surface area contributed by atoms with Crippen LogP contribution in [0.2, 0.25) is 5.02 Å². The molecule has 0 radical (unpaired) electrons. The van der Waals surface area contributed by atoms with Gasteiger partial charge in [0.25, 0.3) is 0 Å². The largest absolute Gasteiger partial charge is 0.488 e. The van der Waals surface area contributed by atoms with E-state index in [1.807, 2.05) is 25.1 Å². The molecule has 0 saturated heterocycles. The Labute approximate surface area is 130 Å². The van der Waals surface area contributed by atoms with Gasteiger partial charge in [0.05, 0.1) is 0 Å². The van der Waals surface area contributed by atoms with Crippen LogP contribution in [-0.4, -0.2) is 0 Å². The molecule has 0 aliphatic rings. The third kappa shape index (κ3) is 3.72. The van der Waals surface area contributed by atoms with Gasteiger partial charge in [0, 0.05) is 26.7 Å². The van der Waals surface area contributed by atoms with Gasteiger partial charge in [-0.1, -0.05) is 39.7 Å². The second kappa shape index (κ2) is 6.57. The van der Waals surface area contributed by atoms with Crippen molar-refractivity contribution < 1.29 is 9.13 Å². The van der Waals surface area contributed by atoms with Gasteiger partial charge in [0.2, 0.25) is 0 Å². The van der Waals surface area contributed by atoms with Gasteiger partial charge in [0.15, 0.2) is 0 Å². The molecule has 2 rings (SSSR count). The SMILES string of the molecule is C[C@@H](N)c1ccc(Br)cc1OCc1ccc(Cl)cc1F. The van der Waals surface area contributed by atoms with E-state index in [1.165, 1.54) is 6.07 Å². The predicted octanol–water partition coefficient (Wildman–Crippen LogP) is 4.84. The second-order valence-corrected chi connectivity index (χ2v) is 5.85. The molecule has 0 aromatic heterocycles. The molecule has 0 amide bonds. The highest BCUT2D eigenvalue weighted by Gasteiger charge is 2.10. The van der Waals surface area contributed by atoms with Crippen molar-refractivity contribution >= 4 is 27.5 Å². The summed E-state index contributed by atoms with van der Waals surface area (Å²) in [5.74, 6) is 0.263. The number of rotatable bonds is 4. The molecule has 2 aromatic rings. The van der Waals surface area contributed by atoms with E-state index < -0.39 is 0 Å². The zero-order valence-corrected chi connectivity index (χ0v) is 13.2. The summed E-state index contributed by atoms with van der Waals surface area (Å²) >= 11 is 9.10. The van der Waals surface area contributed by atoms with Gasteiger partial charge < -0.3 is 10.5 Å². The average Bonchev–Trinajstić information content (AvgIpc) is 2.37. The minimum Gasteiger partial charge on any atom is -0.488 e. The highest BCUT2D eigenvalue weighted by Crippen LogP contribution is 2.28. The van der Waals surface area contributed by atoms with Gasteiger partial charge in [-0.25, -0.2) is 4.39 Å². The summed E-state index contributed by atoms with van der Waals surface area (Å²) in [6.07, 6.45) is 0. The van der Waals surface area contributed by atoms with Crippen molar-refractivity contribution in [3.8, 4) is 5.75 Å². The van der Waals surface area contributed by atoms with Gasteiger partial charge >= 0.3 is 0 Å². The molecule has 2 N–H and O–H groups in total. The fourth-order valence-corrected chi connectivity index (χ4v) is 2.30. The molecule has 0 unspecified atom stereocenters. The molecule has 0 heterocycles. The van der Waals surface area contributed by atoms with Crippen molar-refractivity contribution in [3.63, 3.8) is 0 Å². The van der Waals surface area contributed by atoms with Crippen molar-refractivity contribution in [2.24, 2.45) is 5.73 Å². The van der Waals surface area contributed by atoms with Crippen molar-refractivity contribution in [1.29, 1.82) is 0 Å². The molecule has 5 heteroatoms. The molecule has 0 fully saturated rings. The summed E-state index contributed by atoms with van der Waals surface area (Å²) in [6, 6.07) is 9.97. The molecule has 0 aliphatic carbocycles. The van der Waals surface area contributed by atoms with Gasteiger partial charge in [0.1, 0.15) is 18.2 Å². The number of benzene rings is 2. The first-order valence-electron chi connectivity index (χ1n) is 6.09. The average molecular weight is 359 g/mol. The van der Waals surface area contributed by atoms with Gasteiger partial charge in [-0.15, -0.1) is 0 Å². The number of halogens is 3. The van der Waals surface area contributed by atoms with E-state index in [-0.39, 0.29) is 18.5 Å². The quantitative estimate of drug-likeness (QED) is 0.848. The molecule has 1 atom stereocenters. The Morgan fingerprint density at radius 3 is 2.70 bits per heavy atom. The number of hydrogen-bond acceptors (Lipinski definition) is 2. The van der Waals surface area contributed by atoms with E-state index in [1.54, 1.807) is 12.1 Å². The summed E-state index contributed by atoms with van der Waals surface area (Å²) in [4.78, 5) is 0. The maximum atomic E-state index is 13.7. The zero-order valence-electron chi connectivity index (χ0n) is 10.9. The summed E-state index contributed by atoms with van der Waals surface area (Å²) in [5, 5.41) is 0.366. The molecule has 0 bridgehead atoms. The topological polar surface area (TPSA) is 35.2 Å². The Hall–Kier alpha value is -1.10. The zero-order chi connectivity index (χ0) is 14.7. The summed E-state index contributed by atoms with van der Waals surface area (Å²) in [5.41, 5.74) is 7.22. The molecule has 2 aromatic carbocycles. The van der Waals surface area contributed by atoms with Gasteiger partial charge in [-0.2, -0.15) is 0 Å². The van der Waals surface area contributed by atoms with E-state index in [2.05, 4.69) is 15.9 Å². The normalized spacial score (nSPS) is 12.2. The lowest BCUT2D eigenvalue weighted by molar-refractivity contribution is 0.295. The van der Waals surface area contributed by atoms with Crippen LogP contribution in [0.25, 0.3) is 0 Å². The van der Waals surface area contributed by atoms with E-state index >= 15 is 0 Å². The van der Waals surface area contributed by atoms with E-state index in [9.17, 15) is 4.39 Å². The van der Waals surface area contributed by atoms with Crippen LogP contribution in [0.15, 0.2) is 40.9 Å². The molecule has 0 aliphatic heterocycles. The van der Waals surface area contributed by atoms with Crippen LogP contribution in [0.1, 0.15) is 24.1 Å². The lowest BCUT2D eigenvalue weighted by atomic mass is 10.1. The third-order valence-corrected chi connectivity index (χ3v) is 3.59. The highest BCUT2D eigenvalue weighted by molar-refractivity contribution is 9.10. The van der Waals surface area contributed by atoms with Crippen LogP contribution in [0, 0.1) is 5.82 Å². The van der Waals surface area contributed by atoms with Crippen LogP contribution in [0.5, 0.6) is 5.75 Å². The first-order chi connectivity index (χ1) is 9.47. The monoisotopic (exact) mass is 357 g/mol. The Morgan fingerprint density at radius 2 is 2.05 bits per heavy atom. The number of hydrogen-bond donors (Lipinski definition) is 1. The lowest BCUT2D eigenvalue weighted by Crippen LogP contribution is -2.08. The Bertz CT molecular complexity index is 619. The maximum absolute atomic E-state index is 13.7. The molecular formula is C15H14BrClFNO. The minimum atomic E-state index is -0.380. The fourth-order valence-electron chi connectivity index (χ4n) is 1.80. The first-order valence-corrected chi connectivity index (χ1v) is 7.26. The molecule has 106 valence electrons. The van der Waals surface area contributed by atoms with Gasteiger partial charge in [-0.05, 0) is 31.2 Å². The van der Waals surface area contributed by atoms with Gasteiger partial charge in [-0.3, -0.25) is 0 Å². The van der Waals surface area contributed by atoms with Crippen molar-refractivity contribution in [2.45, 2.75) is 19.6 Å². The first kappa shape index (κ1) is 15.3. The highest BCUT2D eigenvalue weighted by atomic mass is 79.9. The van der Waals surface area contributed by atoms with Crippen LogP contribution in [0.3, 0.4) is 0 Å². The Morgan fingerprint density at radius 1 is 1.30 bits per heavy atom. The van der Waals surface area contributed by atoms with E-state index in [4.69, 9.17) is 22.1 Å². The minimum absolute atomic E-state index is 0.124. The standard InChI is InChI=1S/C15H14BrClFNO/c1-9(19)13-5-3-11(16)6-15(13)20-8-10-2-4-12(17)7-14(10)18/h2-7,9H,8,19H2,1H3/t9-/m1/s1. The smallest absolute Gasteiger partial charge is 0.131 e. The van der Waals surface area contributed by atoms with Crippen molar-refractivity contribution in [3.05, 3.63) is 62.8 Å². The molecule has 20 heavy (non-hydrogen) atoms. The van der Waals surface area contributed by atoms with Crippen molar-refractivity contribution in [1.82, 2.24) is 0 Å². The van der Waals surface area contributed by atoms with E-state index in [0.717, 1.165) is 10.0 Å². The summed E-state index contributed by atoms with van der Waals surface area (Å²) < 4.78 is 20.3. The Kier molecular flexibility index (Phi) is 5.02. The molecular weight excluding hydrogens is 345 g/mol. The second-order valence-electron chi connectivity index (χ2n) is 4.50. The van der Waals surface area contributed by atoms with Crippen LogP contribution in [-0.2, 0) is 6.61 Å². The van der Waals surface area contributed by atoms with Crippen LogP contribution in [0.4, 0.5) is 4.39 Å². The van der Waals surface area contributed by atoms with E-state index in [0.29, 0.717) is 16.3 Å². The summed E-state index contributed by atoms with van der Waals surface area (Å²) in [6.45, 7) is 2.00. The third-order valence-electron chi connectivity index (χ3n) is 2.86. The molecule has 0 saturated carbocycles. The molecule has 0 spiro atoms. The lowest BCUT2D eigenvalue weighted by Gasteiger charge is -2.15. The molecule has 2 nitrogen and oxygen atoms in total. The predicted molar refractivity (Wildman–Crippen MR) is 82.5 cm³/mol. The number of ether oxygens (including phenoxy) is 1. The van der Waals surface area contributed by atoms with Crippen LogP contribution >= 0.6 is 27.5 Å². The summed E-state index contributed by atoms with van der Waals surface area (Å²) in [7, 11) is 0. The fraction of sp³-hybridized carbons (Fsp3) is 0.200. The van der Waals surface area contributed by atoms with Crippen LogP contribution < -0.4 is 10.5 Å². The van der Waals surface area contributed by atoms with Crippen molar-refractivity contribution in [2.75, 3.05) is 0 Å². The number of nitrogens with two attached hydrogens (primary N) is 1.